The topological polar surface area (TPSA) is 12.5 Å². The van der Waals surface area contributed by atoms with Crippen LogP contribution in [0.3, 0.4) is 0 Å². The number of alkyl halides is 3. The second-order valence-corrected chi connectivity index (χ2v) is 3.20. The van der Waals surface area contributed by atoms with Crippen LogP contribution in [0.2, 0.25) is 0 Å². The Hall–Kier alpha value is -0.290. The van der Waals surface area contributed by atoms with E-state index in [1.807, 2.05) is 4.90 Å². The molecule has 1 aliphatic rings. The monoisotopic (exact) mass is 197 g/mol. The quantitative estimate of drug-likeness (QED) is 0.686. The van der Waals surface area contributed by atoms with E-state index in [9.17, 15) is 13.2 Å². The van der Waals surface area contributed by atoms with Gasteiger partial charge in [0, 0.05) is 6.54 Å². The molecule has 0 bridgehead atoms. The third-order valence-electron chi connectivity index (χ3n) is 2.12. The molecule has 0 radical (unpaired) electrons. The van der Waals surface area contributed by atoms with Crippen molar-refractivity contribution in [3.8, 4) is 0 Å². The first-order valence-electron chi connectivity index (χ1n) is 4.51. The van der Waals surface area contributed by atoms with E-state index in [2.05, 4.69) is 4.74 Å². The van der Waals surface area contributed by atoms with Gasteiger partial charge >= 0.3 is 6.36 Å². The summed E-state index contributed by atoms with van der Waals surface area (Å²) in [4.78, 5) is 2.01. The highest BCUT2D eigenvalue weighted by molar-refractivity contribution is 4.63. The van der Waals surface area contributed by atoms with E-state index in [4.69, 9.17) is 0 Å². The third-order valence-corrected chi connectivity index (χ3v) is 2.12. The van der Waals surface area contributed by atoms with E-state index in [0.717, 1.165) is 25.9 Å². The fraction of sp³-hybridized carbons (Fsp3) is 1.00. The van der Waals surface area contributed by atoms with Gasteiger partial charge in [0.2, 0.25) is 0 Å². The Labute approximate surface area is 75.7 Å². The summed E-state index contributed by atoms with van der Waals surface area (Å²) in [6, 6.07) is 0. The fourth-order valence-electron chi connectivity index (χ4n) is 1.47. The molecule has 1 rings (SSSR count). The summed E-state index contributed by atoms with van der Waals surface area (Å²) in [5, 5.41) is 0. The number of hydrogen-bond donors (Lipinski definition) is 0. The lowest BCUT2D eigenvalue weighted by Gasteiger charge is -2.26. The summed E-state index contributed by atoms with van der Waals surface area (Å²) < 4.78 is 38.4. The van der Waals surface area contributed by atoms with Crippen LogP contribution >= 0.6 is 0 Å². The molecular weight excluding hydrogens is 183 g/mol. The van der Waals surface area contributed by atoms with Gasteiger partial charge in [-0.2, -0.15) is 0 Å². The van der Waals surface area contributed by atoms with E-state index < -0.39 is 6.36 Å². The maximum absolute atomic E-state index is 11.6. The summed E-state index contributed by atoms with van der Waals surface area (Å²) in [7, 11) is 0. The molecule has 0 atom stereocenters. The molecule has 2 nitrogen and oxygen atoms in total. The highest BCUT2D eigenvalue weighted by Gasteiger charge is 2.28. The van der Waals surface area contributed by atoms with Gasteiger partial charge < -0.3 is 4.90 Å². The van der Waals surface area contributed by atoms with Crippen LogP contribution in [0, 0.1) is 0 Å². The minimum absolute atomic E-state index is 0.247. The molecule has 5 heteroatoms. The van der Waals surface area contributed by atoms with E-state index >= 15 is 0 Å². The Morgan fingerprint density at radius 3 is 2.23 bits per heavy atom. The van der Waals surface area contributed by atoms with Crippen molar-refractivity contribution in [2.45, 2.75) is 25.6 Å². The zero-order valence-corrected chi connectivity index (χ0v) is 7.44. The van der Waals surface area contributed by atoms with Crippen molar-refractivity contribution in [1.82, 2.24) is 4.90 Å². The summed E-state index contributed by atoms with van der Waals surface area (Å²) in [5.41, 5.74) is 0. The first-order chi connectivity index (χ1) is 6.08. The molecule has 1 heterocycles. The zero-order valence-electron chi connectivity index (χ0n) is 7.44. The maximum Gasteiger partial charge on any atom is 0.522 e. The molecule has 13 heavy (non-hydrogen) atoms. The number of piperidine rings is 1. The predicted molar refractivity (Wildman–Crippen MR) is 42.3 cm³/mol. The predicted octanol–water partition coefficient (Wildman–Crippen LogP) is 2.01. The Kier molecular flexibility index (Phi) is 3.99. The molecule has 78 valence electrons. The van der Waals surface area contributed by atoms with E-state index in [1.54, 1.807) is 0 Å². The van der Waals surface area contributed by atoms with E-state index in [-0.39, 0.29) is 6.61 Å². The Morgan fingerprint density at radius 2 is 1.69 bits per heavy atom. The minimum Gasteiger partial charge on any atom is -0.301 e. The molecule has 0 N–H and O–H groups in total. The van der Waals surface area contributed by atoms with E-state index in [1.165, 1.54) is 6.42 Å². The van der Waals surface area contributed by atoms with Crippen LogP contribution in [0.15, 0.2) is 0 Å². The lowest BCUT2D eigenvalue weighted by atomic mass is 10.1. The number of likely N-dealkylation sites (tertiary alicyclic amines) is 1. The van der Waals surface area contributed by atoms with Gasteiger partial charge in [-0.3, -0.25) is 4.74 Å². The van der Waals surface area contributed by atoms with Crippen LogP contribution in [0.5, 0.6) is 0 Å². The van der Waals surface area contributed by atoms with Gasteiger partial charge in [-0.1, -0.05) is 6.42 Å². The van der Waals surface area contributed by atoms with Crippen LogP contribution in [0.1, 0.15) is 19.3 Å². The molecule has 0 unspecified atom stereocenters. The Balaban J connectivity index is 2.04. The lowest BCUT2D eigenvalue weighted by molar-refractivity contribution is -0.325. The van der Waals surface area contributed by atoms with E-state index in [0.29, 0.717) is 6.54 Å². The normalized spacial score (nSPS) is 20.5. The van der Waals surface area contributed by atoms with Crippen molar-refractivity contribution >= 4 is 0 Å². The lowest BCUT2D eigenvalue weighted by Crippen LogP contribution is -2.33. The summed E-state index contributed by atoms with van der Waals surface area (Å²) in [5.74, 6) is 0. The van der Waals surface area contributed by atoms with Gasteiger partial charge in [-0.05, 0) is 25.9 Å². The average Bonchev–Trinajstić information content (AvgIpc) is 2.04. The van der Waals surface area contributed by atoms with Crippen LogP contribution in [0.4, 0.5) is 13.2 Å². The van der Waals surface area contributed by atoms with Crippen molar-refractivity contribution in [2.24, 2.45) is 0 Å². The molecule has 0 aromatic heterocycles. The second-order valence-electron chi connectivity index (χ2n) is 3.20. The molecule has 0 aromatic rings. The SMILES string of the molecule is FC(F)(F)OCCN1CCCCC1. The maximum atomic E-state index is 11.6. The van der Waals surface area contributed by atoms with Gasteiger partial charge in [0.15, 0.2) is 0 Å². The molecule has 1 saturated heterocycles. The summed E-state index contributed by atoms with van der Waals surface area (Å²) in [6.07, 6.45) is -1.11. The standard InChI is InChI=1S/C8H14F3NO/c9-8(10,11)13-7-6-12-4-2-1-3-5-12/h1-7H2. The second kappa shape index (κ2) is 4.81. The number of rotatable bonds is 3. The largest absolute Gasteiger partial charge is 0.522 e. The van der Waals surface area contributed by atoms with Crippen molar-refractivity contribution in [2.75, 3.05) is 26.2 Å². The van der Waals surface area contributed by atoms with Crippen molar-refractivity contribution in [1.29, 1.82) is 0 Å². The molecule has 0 aliphatic carbocycles. The third kappa shape index (κ3) is 5.10. The first-order valence-corrected chi connectivity index (χ1v) is 4.51. The highest BCUT2D eigenvalue weighted by Crippen LogP contribution is 2.16. The molecule has 0 saturated carbocycles. The van der Waals surface area contributed by atoms with Gasteiger partial charge in [0.05, 0.1) is 6.61 Å². The highest BCUT2D eigenvalue weighted by atomic mass is 19.4. The molecule has 0 aromatic carbocycles. The zero-order chi connectivity index (χ0) is 9.73. The Morgan fingerprint density at radius 1 is 1.08 bits per heavy atom. The van der Waals surface area contributed by atoms with Crippen LogP contribution in [0.25, 0.3) is 0 Å². The summed E-state index contributed by atoms with van der Waals surface area (Å²) >= 11 is 0. The smallest absolute Gasteiger partial charge is 0.301 e. The van der Waals surface area contributed by atoms with Gasteiger partial charge in [-0.15, -0.1) is 13.2 Å². The van der Waals surface area contributed by atoms with Gasteiger partial charge in [-0.25, -0.2) is 0 Å². The minimum atomic E-state index is -4.48. The van der Waals surface area contributed by atoms with Crippen LogP contribution in [-0.2, 0) is 4.74 Å². The van der Waals surface area contributed by atoms with Gasteiger partial charge in [0.1, 0.15) is 0 Å². The average molecular weight is 197 g/mol. The number of ether oxygens (including phenoxy) is 1. The molecular formula is C8H14F3NO. The van der Waals surface area contributed by atoms with Gasteiger partial charge in [0.25, 0.3) is 0 Å². The fourth-order valence-corrected chi connectivity index (χ4v) is 1.47. The summed E-state index contributed by atoms with van der Waals surface area (Å²) in [6.45, 7) is 1.95. The molecule has 1 aliphatic heterocycles. The molecule has 0 spiro atoms. The first kappa shape index (κ1) is 10.8. The molecule has 1 fully saturated rings. The van der Waals surface area contributed by atoms with Crippen LogP contribution in [-0.4, -0.2) is 37.5 Å². The van der Waals surface area contributed by atoms with Crippen molar-refractivity contribution < 1.29 is 17.9 Å². The number of nitrogens with zero attached hydrogens (tertiary/aromatic N) is 1. The Bertz CT molecular complexity index is 143. The number of hydrogen-bond acceptors (Lipinski definition) is 2. The van der Waals surface area contributed by atoms with Crippen molar-refractivity contribution in [3.63, 3.8) is 0 Å². The molecule has 0 amide bonds. The number of halogens is 3. The van der Waals surface area contributed by atoms with Crippen molar-refractivity contribution in [3.05, 3.63) is 0 Å². The van der Waals surface area contributed by atoms with Crippen LogP contribution < -0.4 is 0 Å².